The smallest absolute Gasteiger partial charge is 0.138 e. The van der Waals surface area contributed by atoms with Crippen LogP contribution in [0, 0.1) is 0 Å². The maximum atomic E-state index is 6.04. The number of hydrogen-bond acceptors (Lipinski definition) is 2. The van der Waals surface area contributed by atoms with Crippen LogP contribution in [0.15, 0.2) is 45.5 Å². The molecule has 0 aliphatic rings. The fourth-order valence-corrected chi connectivity index (χ4v) is 2.20. The zero-order chi connectivity index (χ0) is 12.3. The molecule has 1 aromatic carbocycles. The standard InChI is InChI=1S/C12H8Br2ClNO/c13-8-2-4-12(11(15)5-8)17-7-10-3-1-9(14)6-16-10/h1-6H,7H2. The topological polar surface area (TPSA) is 22.1 Å². The number of ether oxygens (including phenoxy) is 1. The molecular weight excluding hydrogens is 369 g/mol. The number of nitrogens with zero attached hydrogens (tertiary/aromatic N) is 1. The Balaban J connectivity index is 2.04. The van der Waals surface area contributed by atoms with Crippen molar-refractivity contribution in [3.63, 3.8) is 0 Å². The summed E-state index contributed by atoms with van der Waals surface area (Å²) in [5, 5.41) is 0.580. The normalized spacial score (nSPS) is 10.3. The molecular formula is C12H8Br2ClNO. The van der Waals surface area contributed by atoms with Crippen LogP contribution < -0.4 is 4.74 Å². The third-order valence-electron chi connectivity index (χ3n) is 2.06. The van der Waals surface area contributed by atoms with Gasteiger partial charge in [-0.1, -0.05) is 27.5 Å². The molecule has 0 unspecified atom stereocenters. The Morgan fingerprint density at radius 2 is 1.88 bits per heavy atom. The van der Waals surface area contributed by atoms with E-state index < -0.39 is 0 Å². The third kappa shape index (κ3) is 3.69. The fraction of sp³-hybridized carbons (Fsp3) is 0.0833. The Kier molecular flexibility index (Phi) is 4.42. The van der Waals surface area contributed by atoms with Gasteiger partial charge in [0.1, 0.15) is 12.4 Å². The average Bonchev–Trinajstić information content (AvgIpc) is 2.30. The van der Waals surface area contributed by atoms with Crippen LogP contribution in [0.3, 0.4) is 0 Å². The summed E-state index contributed by atoms with van der Waals surface area (Å²) >= 11 is 12.7. The number of benzene rings is 1. The molecule has 0 spiro atoms. The molecule has 0 bridgehead atoms. The molecule has 0 atom stereocenters. The minimum absolute atomic E-state index is 0.397. The van der Waals surface area contributed by atoms with Crippen LogP contribution in [0.4, 0.5) is 0 Å². The predicted molar refractivity (Wildman–Crippen MR) is 75.4 cm³/mol. The van der Waals surface area contributed by atoms with E-state index in [-0.39, 0.29) is 0 Å². The van der Waals surface area contributed by atoms with Crippen LogP contribution in [-0.4, -0.2) is 4.98 Å². The Labute approximate surface area is 121 Å². The van der Waals surface area contributed by atoms with Crippen LogP contribution in [0.25, 0.3) is 0 Å². The highest BCUT2D eigenvalue weighted by Crippen LogP contribution is 2.28. The Hall–Kier alpha value is -0.580. The second-order valence-corrected chi connectivity index (χ2v) is 5.57. The first-order valence-electron chi connectivity index (χ1n) is 4.83. The summed E-state index contributed by atoms with van der Waals surface area (Å²) in [7, 11) is 0. The monoisotopic (exact) mass is 375 g/mol. The van der Waals surface area contributed by atoms with Gasteiger partial charge in [0.2, 0.25) is 0 Å². The van der Waals surface area contributed by atoms with Crippen molar-refractivity contribution in [2.45, 2.75) is 6.61 Å². The number of aromatic nitrogens is 1. The summed E-state index contributed by atoms with van der Waals surface area (Å²) in [6.07, 6.45) is 1.74. The molecule has 0 aliphatic heterocycles. The molecule has 1 heterocycles. The van der Waals surface area contributed by atoms with Gasteiger partial charge in [-0.25, -0.2) is 0 Å². The van der Waals surface area contributed by atoms with E-state index in [0.29, 0.717) is 17.4 Å². The van der Waals surface area contributed by atoms with Gasteiger partial charge >= 0.3 is 0 Å². The van der Waals surface area contributed by atoms with E-state index in [1.807, 2.05) is 24.3 Å². The summed E-state index contributed by atoms with van der Waals surface area (Å²) in [6.45, 7) is 0.397. The Bertz CT molecular complexity index is 516. The minimum Gasteiger partial charge on any atom is -0.486 e. The molecule has 0 aliphatic carbocycles. The molecule has 1 aromatic heterocycles. The Morgan fingerprint density at radius 1 is 1.12 bits per heavy atom. The third-order valence-corrected chi connectivity index (χ3v) is 3.32. The second-order valence-electron chi connectivity index (χ2n) is 3.33. The molecule has 2 rings (SSSR count). The lowest BCUT2D eigenvalue weighted by atomic mass is 10.3. The van der Waals surface area contributed by atoms with Crippen molar-refractivity contribution in [3.05, 3.63) is 56.2 Å². The maximum Gasteiger partial charge on any atom is 0.138 e. The maximum absolute atomic E-state index is 6.04. The lowest BCUT2D eigenvalue weighted by Gasteiger charge is -2.07. The van der Waals surface area contributed by atoms with Gasteiger partial charge in [0.15, 0.2) is 0 Å². The predicted octanol–water partition coefficient (Wildman–Crippen LogP) is 4.84. The number of rotatable bonds is 3. The zero-order valence-electron chi connectivity index (χ0n) is 8.66. The molecule has 0 radical (unpaired) electrons. The molecule has 88 valence electrons. The number of hydrogen-bond donors (Lipinski definition) is 0. The van der Waals surface area contributed by atoms with Gasteiger partial charge in [0, 0.05) is 15.1 Å². The van der Waals surface area contributed by atoms with Gasteiger partial charge in [-0.3, -0.25) is 4.98 Å². The average molecular weight is 377 g/mol. The van der Waals surface area contributed by atoms with Crippen molar-refractivity contribution in [1.29, 1.82) is 0 Å². The van der Waals surface area contributed by atoms with Crippen molar-refractivity contribution in [2.24, 2.45) is 0 Å². The fourth-order valence-electron chi connectivity index (χ4n) is 1.24. The van der Waals surface area contributed by atoms with Crippen LogP contribution in [0.2, 0.25) is 5.02 Å². The van der Waals surface area contributed by atoms with Crippen molar-refractivity contribution >= 4 is 43.5 Å². The largest absolute Gasteiger partial charge is 0.486 e. The van der Waals surface area contributed by atoms with Crippen LogP contribution in [0.1, 0.15) is 5.69 Å². The van der Waals surface area contributed by atoms with Gasteiger partial charge in [-0.05, 0) is 46.3 Å². The Morgan fingerprint density at radius 3 is 2.53 bits per heavy atom. The van der Waals surface area contributed by atoms with E-state index in [0.717, 1.165) is 14.6 Å². The SMILES string of the molecule is Clc1cc(Br)ccc1OCc1ccc(Br)cn1. The van der Waals surface area contributed by atoms with E-state index in [1.54, 1.807) is 12.3 Å². The van der Waals surface area contributed by atoms with Gasteiger partial charge in [0.05, 0.1) is 10.7 Å². The zero-order valence-corrected chi connectivity index (χ0v) is 12.6. The van der Waals surface area contributed by atoms with Crippen LogP contribution >= 0.6 is 43.5 Å². The number of halogens is 3. The summed E-state index contributed by atoms with van der Waals surface area (Å²) in [5.74, 6) is 0.652. The highest BCUT2D eigenvalue weighted by Gasteiger charge is 2.03. The molecule has 2 aromatic rings. The summed E-state index contributed by atoms with van der Waals surface area (Å²) in [5.41, 5.74) is 0.854. The number of pyridine rings is 1. The first-order chi connectivity index (χ1) is 8.15. The summed E-state index contributed by atoms with van der Waals surface area (Å²) in [4.78, 5) is 4.22. The molecule has 2 nitrogen and oxygen atoms in total. The van der Waals surface area contributed by atoms with Gasteiger partial charge in [-0.2, -0.15) is 0 Å². The molecule has 0 saturated heterocycles. The van der Waals surface area contributed by atoms with Gasteiger partial charge in [-0.15, -0.1) is 0 Å². The highest BCUT2D eigenvalue weighted by atomic mass is 79.9. The van der Waals surface area contributed by atoms with Crippen molar-refractivity contribution in [2.75, 3.05) is 0 Å². The van der Waals surface area contributed by atoms with Crippen LogP contribution in [0.5, 0.6) is 5.75 Å². The van der Waals surface area contributed by atoms with Crippen LogP contribution in [-0.2, 0) is 6.61 Å². The first kappa shape index (κ1) is 12.9. The summed E-state index contributed by atoms with van der Waals surface area (Å²) < 4.78 is 7.46. The van der Waals surface area contributed by atoms with Gasteiger partial charge in [0.25, 0.3) is 0 Å². The van der Waals surface area contributed by atoms with Crippen molar-refractivity contribution in [1.82, 2.24) is 4.98 Å². The molecule has 5 heteroatoms. The second kappa shape index (κ2) is 5.85. The van der Waals surface area contributed by atoms with E-state index >= 15 is 0 Å². The molecule has 0 N–H and O–H groups in total. The van der Waals surface area contributed by atoms with E-state index in [4.69, 9.17) is 16.3 Å². The molecule has 0 amide bonds. The van der Waals surface area contributed by atoms with Gasteiger partial charge < -0.3 is 4.74 Å². The van der Waals surface area contributed by atoms with Crippen molar-refractivity contribution in [3.8, 4) is 5.75 Å². The quantitative estimate of drug-likeness (QED) is 0.764. The molecule has 0 fully saturated rings. The lowest BCUT2D eigenvalue weighted by molar-refractivity contribution is 0.301. The minimum atomic E-state index is 0.397. The van der Waals surface area contributed by atoms with Crippen molar-refractivity contribution < 1.29 is 4.74 Å². The first-order valence-corrected chi connectivity index (χ1v) is 6.80. The molecule has 17 heavy (non-hydrogen) atoms. The molecule has 0 saturated carbocycles. The van der Waals surface area contributed by atoms with E-state index in [2.05, 4.69) is 36.8 Å². The highest BCUT2D eigenvalue weighted by molar-refractivity contribution is 9.10. The van der Waals surface area contributed by atoms with E-state index in [9.17, 15) is 0 Å². The lowest BCUT2D eigenvalue weighted by Crippen LogP contribution is -1.98. The summed E-state index contributed by atoms with van der Waals surface area (Å²) in [6, 6.07) is 9.33. The van der Waals surface area contributed by atoms with E-state index in [1.165, 1.54) is 0 Å².